The molecule has 0 aliphatic carbocycles. The third-order valence-electron chi connectivity index (χ3n) is 3.77. The van der Waals surface area contributed by atoms with Gasteiger partial charge in [-0.25, -0.2) is 0 Å². The van der Waals surface area contributed by atoms with Gasteiger partial charge >= 0.3 is 0 Å². The Balaban J connectivity index is 1.99. The molecule has 0 heterocycles. The zero-order chi connectivity index (χ0) is 15.2. The number of hydrogen-bond donors (Lipinski definition) is 1. The fourth-order valence-electron chi connectivity index (χ4n) is 2.44. The topological polar surface area (TPSA) is 21.3 Å². The summed E-state index contributed by atoms with van der Waals surface area (Å²) in [7, 11) is 0. The van der Waals surface area contributed by atoms with Crippen LogP contribution in [-0.4, -0.2) is 6.61 Å². The second kappa shape index (κ2) is 7.28. The monoisotopic (exact) mass is 283 g/mol. The normalized spacial score (nSPS) is 13.7. The Bertz CT molecular complexity index is 545. The molecule has 2 nitrogen and oxygen atoms in total. The summed E-state index contributed by atoms with van der Waals surface area (Å²) in [5, 5.41) is 3.64. The predicted octanol–water partition coefficient (Wildman–Crippen LogP) is 4.81. The first kappa shape index (κ1) is 15.6. The third-order valence-corrected chi connectivity index (χ3v) is 3.77. The van der Waals surface area contributed by atoms with Crippen LogP contribution in [0.1, 0.15) is 49.5 Å². The van der Waals surface area contributed by atoms with Crippen LogP contribution >= 0.6 is 0 Å². The first-order valence-electron chi connectivity index (χ1n) is 7.65. The smallest absolute Gasteiger partial charge is 0.119 e. The second-order valence-electron chi connectivity index (χ2n) is 5.52. The van der Waals surface area contributed by atoms with Crippen molar-refractivity contribution < 1.29 is 4.74 Å². The van der Waals surface area contributed by atoms with Gasteiger partial charge in [0.05, 0.1) is 6.61 Å². The first-order chi connectivity index (χ1) is 10.1. The third kappa shape index (κ3) is 4.33. The summed E-state index contributed by atoms with van der Waals surface area (Å²) in [6.07, 6.45) is 0. The molecule has 2 rings (SSSR count). The van der Waals surface area contributed by atoms with Crippen molar-refractivity contribution in [3.8, 4) is 5.75 Å². The highest BCUT2D eigenvalue weighted by Gasteiger charge is 2.11. The fourth-order valence-corrected chi connectivity index (χ4v) is 2.44. The van der Waals surface area contributed by atoms with Gasteiger partial charge in [0.25, 0.3) is 0 Å². The lowest BCUT2D eigenvalue weighted by molar-refractivity contribution is 0.340. The standard InChI is InChI=1S/C19H25NO/c1-5-21-19-12-10-18(11-13-19)16(4)20-15(3)17-8-6-14(2)7-9-17/h6-13,15-16,20H,5H2,1-4H3. The van der Waals surface area contributed by atoms with E-state index in [4.69, 9.17) is 4.74 Å². The Hall–Kier alpha value is -1.80. The van der Waals surface area contributed by atoms with Crippen molar-refractivity contribution in [2.75, 3.05) is 6.61 Å². The zero-order valence-corrected chi connectivity index (χ0v) is 13.4. The molecule has 2 aromatic rings. The van der Waals surface area contributed by atoms with Crippen molar-refractivity contribution in [2.45, 2.75) is 39.8 Å². The largest absolute Gasteiger partial charge is 0.494 e. The number of rotatable bonds is 6. The van der Waals surface area contributed by atoms with Crippen LogP contribution in [0.4, 0.5) is 0 Å². The van der Waals surface area contributed by atoms with E-state index < -0.39 is 0 Å². The van der Waals surface area contributed by atoms with E-state index in [1.165, 1.54) is 16.7 Å². The highest BCUT2D eigenvalue weighted by Crippen LogP contribution is 2.21. The molecule has 112 valence electrons. The van der Waals surface area contributed by atoms with E-state index in [0.29, 0.717) is 18.7 Å². The molecule has 2 atom stereocenters. The van der Waals surface area contributed by atoms with Crippen LogP contribution in [0, 0.1) is 6.92 Å². The number of benzene rings is 2. The van der Waals surface area contributed by atoms with Crippen LogP contribution in [0.5, 0.6) is 5.75 Å². The maximum absolute atomic E-state index is 5.48. The van der Waals surface area contributed by atoms with Gasteiger partial charge in [-0.2, -0.15) is 0 Å². The predicted molar refractivity (Wildman–Crippen MR) is 88.8 cm³/mol. The summed E-state index contributed by atoms with van der Waals surface area (Å²) in [4.78, 5) is 0. The molecule has 0 bridgehead atoms. The van der Waals surface area contributed by atoms with E-state index in [1.54, 1.807) is 0 Å². The Morgan fingerprint density at radius 3 is 1.81 bits per heavy atom. The van der Waals surface area contributed by atoms with Crippen molar-refractivity contribution in [1.82, 2.24) is 5.32 Å². The van der Waals surface area contributed by atoms with Crippen LogP contribution in [0.2, 0.25) is 0 Å². The average Bonchev–Trinajstić information content (AvgIpc) is 2.49. The van der Waals surface area contributed by atoms with E-state index in [9.17, 15) is 0 Å². The molecule has 0 saturated heterocycles. The Kier molecular flexibility index (Phi) is 5.40. The van der Waals surface area contributed by atoms with Gasteiger partial charge in [-0.15, -0.1) is 0 Å². The quantitative estimate of drug-likeness (QED) is 0.821. The molecule has 0 radical (unpaired) electrons. The molecule has 1 N–H and O–H groups in total. The average molecular weight is 283 g/mol. The minimum absolute atomic E-state index is 0.303. The van der Waals surface area contributed by atoms with E-state index in [2.05, 4.69) is 62.5 Å². The summed E-state index contributed by atoms with van der Waals surface area (Å²) in [5.74, 6) is 0.931. The SMILES string of the molecule is CCOc1ccc(C(C)NC(C)c2ccc(C)cc2)cc1. The fraction of sp³-hybridized carbons (Fsp3) is 0.368. The summed E-state index contributed by atoms with van der Waals surface area (Å²) in [6, 6.07) is 17.7. The molecule has 0 amide bonds. The lowest BCUT2D eigenvalue weighted by Gasteiger charge is -2.21. The zero-order valence-electron chi connectivity index (χ0n) is 13.4. The Morgan fingerprint density at radius 2 is 1.33 bits per heavy atom. The van der Waals surface area contributed by atoms with Gasteiger partial charge < -0.3 is 10.1 Å². The highest BCUT2D eigenvalue weighted by molar-refractivity contribution is 5.29. The lowest BCUT2D eigenvalue weighted by Crippen LogP contribution is -2.22. The van der Waals surface area contributed by atoms with Gasteiger partial charge in [-0.3, -0.25) is 0 Å². The van der Waals surface area contributed by atoms with Crippen LogP contribution < -0.4 is 10.1 Å². The van der Waals surface area contributed by atoms with Crippen LogP contribution in [-0.2, 0) is 0 Å². The number of hydrogen-bond acceptors (Lipinski definition) is 2. The van der Waals surface area contributed by atoms with Crippen molar-refractivity contribution in [1.29, 1.82) is 0 Å². The van der Waals surface area contributed by atoms with Gasteiger partial charge in [0.1, 0.15) is 5.75 Å². The van der Waals surface area contributed by atoms with Gasteiger partial charge in [0.2, 0.25) is 0 Å². The Labute approximate surface area is 128 Å². The number of aryl methyl sites for hydroxylation is 1. The van der Waals surface area contributed by atoms with Crippen LogP contribution in [0.15, 0.2) is 48.5 Å². The Morgan fingerprint density at radius 1 is 0.857 bits per heavy atom. The molecular formula is C19H25NO. The molecule has 21 heavy (non-hydrogen) atoms. The van der Waals surface area contributed by atoms with Gasteiger partial charge in [-0.1, -0.05) is 42.0 Å². The van der Waals surface area contributed by atoms with Gasteiger partial charge in [0, 0.05) is 12.1 Å². The summed E-state index contributed by atoms with van der Waals surface area (Å²) in [5.41, 5.74) is 3.89. The molecule has 0 aliphatic rings. The molecule has 0 saturated carbocycles. The summed E-state index contributed by atoms with van der Waals surface area (Å²) in [6.45, 7) is 9.22. The van der Waals surface area contributed by atoms with E-state index >= 15 is 0 Å². The van der Waals surface area contributed by atoms with Crippen LogP contribution in [0.3, 0.4) is 0 Å². The van der Waals surface area contributed by atoms with E-state index in [1.807, 2.05) is 19.1 Å². The van der Waals surface area contributed by atoms with Gasteiger partial charge in [0.15, 0.2) is 0 Å². The molecule has 0 aliphatic heterocycles. The molecule has 0 spiro atoms. The van der Waals surface area contributed by atoms with Crippen molar-refractivity contribution in [2.24, 2.45) is 0 Å². The number of ether oxygens (including phenoxy) is 1. The molecule has 2 unspecified atom stereocenters. The number of nitrogens with one attached hydrogen (secondary N) is 1. The molecule has 0 aromatic heterocycles. The maximum atomic E-state index is 5.48. The van der Waals surface area contributed by atoms with E-state index in [-0.39, 0.29) is 0 Å². The van der Waals surface area contributed by atoms with Crippen molar-refractivity contribution in [3.63, 3.8) is 0 Å². The second-order valence-corrected chi connectivity index (χ2v) is 5.52. The van der Waals surface area contributed by atoms with Crippen molar-refractivity contribution in [3.05, 3.63) is 65.2 Å². The molecule has 2 heteroatoms. The minimum Gasteiger partial charge on any atom is -0.494 e. The minimum atomic E-state index is 0.303. The lowest BCUT2D eigenvalue weighted by atomic mass is 10.0. The molecular weight excluding hydrogens is 258 g/mol. The van der Waals surface area contributed by atoms with E-state index in [0.717, 1.165) is 5.75 Å². The molecule has 0 fully saturated rings. The van der Waals surface area contributed by atoms with Gasteiger partial charge in [-0.05, 0) is 51.0 Å². The maximum Gasteiger partial charge on any atom is 0.119 e. The highest BCUT2D eigenvalue weighted by atomic mass is 16.5. The van der Waals surface area contributed by atoms with Crippen LogP contribution in [0.25, 0.3) is 0 Å². The summed E-state index contributed by atoms with van der Waals surface area (Å²) >= 11 is 0. The molecule has 2 aromatic carbocycles. The van der Waals surface area contributed by atoms with Crippen molar-refractivity contribution >= 4 is 0 Å². The first-order valence-corrected chi connectivity index (χ1v) is 7.65. The summed E-state index contributed by atoms with van der Waals surface area (Å²) < 4.78 is 5.48.